The summed E-state index contributed by atoms with van der Waals surface area (Å²) in [6.07, 6.45) is 4.11. The zero-order chi connectivity index (χ0) is 17.8. The first kappa shape index (κ1) is 15.9. The van der Waals surface area contributed by atoms with Gasteiger partial charge in [0.2, 0.25) is 0 Å². The molecule has 8 nitrogen and oxygen atoms in total. The van der Waals surface area contributed by atoms with Crippen molar-refractivity contribution in [1.82, 2.24) is 35.1 Å². The fourth-order valence-corrected chi connectivity index (χ4v) is 2.87. The van der Waals surface area contributed by atoms with E-state index in [4.69, 9.17) is 0 Å². The predicted octanol–water partition coefficient (Wildman–Crippen LogP) is 1.83. The molecule has 0 bridgehead atoms. The highest BCUT2D eigenvalue weighted by atomic mass is 16.1. The summed E-state index contributed by atoms with van der Waals surface area (Å²) in [5.74, 6) is -0.147. The molecule has 0 aliphatic heterocycles. The van der Waals surface area contributed by atoms with Crippen LogP contribution in [-0.2, 0) is 6.54 Å². The van der Waals surface area contributed by atoms with Crippen molar-refractivity contribution in [2.75, 3.05) is 6.54 Å². The number of hydrogen-bond acceptors (Lipinski definition) is 5. The van der Waals surface area contributed by atoms with Crippen LogP contribution in [0.1, 0.15) is 16.8 Å². The number of benzene rings is 2. The van der Waals surface area contributed by atoms with Gasteiger partial charge in [-0.05, 0) is 41.1 Å². The molecule has 26 heavy (non-hydrogen) atoms. The molecule has 0 fully saturated rings. The lowest BCUT2D eigenvalue weighted by atomic mass is 10.1. The lowest BCUT2D eigenvalue weighted by Crippen LogP contribution is -2.26. The fourth-order valence-electron chi connectivity index (χ4n) is 2.87. The van der Waals surface area contributed by atoms with E-state index in [2.05, 4.69) is 30.4 Å². The van der Waals surface area contributed by atoms with E-state index < -0.39 is 0 Å². The molecule has 0 aliphatic carbocycles. The van der Waals surface area contributed by atoms with Gasteiger partial charge >= 0.3 is 0 Å². The standard InChI is InChI=1S/C18H17N7O/c26-18(14-6-1-3-8-16(14)25-13-21-22-23-25)19-10-5-11-24-12-20-15-7-2-4-9-17(15)24/h1-4,6-9,12-13H,5,10-11H2,(H,19,26). The molecule has 4 aromatic rings. The number of nitrogens with zero attached hydrogens (tertiary/aromatic N) is 6. The van der Waals surface area contributed by atoms with E-state index >= 15 is 0 Å². The highest BCUT2D eigenvalue weighted by Crippen LogP contribution is 2.13. The zero-order valence-electron chi connectivity index (χ0n) is 14.0. The maximum atomic E-state index is 12.5. The summed E-state index contributed by atoms with van der Waals surface area (Å²) < 4.78 is 3.57. The minimum Gasteiger partial charge on any atom is -0.352 e. The van der Waals surface area contributed by atoms with Gasteiger partial charge in [0.25, 0.3) is 5.91 Å². The summed E-state index contributed by atoms with van der Waals surface area (Å²) in [5, 5.41) is 14.1. The number of fused-ring (bicyclic) bond motifs is 1. The maximum Gasteiger partial charge on any atom is 0.253 e. The summed E-state index contributed by atoms with van der Waals surface area (Å²) in [5.41, 5.74) is 3.26. The SMILES string of the molecule is O=C(NCCCn1cnc2ccccc21)c1ccccc1-n1cnnn1. The maximum absolute atomic E-state index is 12.5. The van der Waals surface area contributed by atoms with Gasteiger partial charge in [-0.15, -0.1) is 5.10 Å². The highest BCUT2D eigenvalue weighted by molar-refractivity contribution is 5.97. The van der Waals surface area contributed by atoms with Crippen LogP contribution in [0.5, 0.6) is 0 Å². The van der Waals surface area contributed by atoms with Crippen molar-refractivity contribution in [2.24, 2.45) is 0 Å². The second kappa shape index (κ2) is 7.14. The number of rotatable bonds is 6. The minimum absolute atomic E-state index is 0.147. The third-order valence-corrected chi connectivity index (χ3v) is 4.13. The van der Waals surface area contributed by atoms with Crippen LogP contribution in [0.4, 0.5) is 0 Å². The molecule has 8 heteroatoms. The zero-order valence-corrected chi connectivity index (χ0v) is 14.0. The quantitative estimate of drug-likeness (QED) is 0.537. The van der Waals surface area contributed by atoms with E-state index in [-0.39, 0.29) is 5.91 Å². The van der Waals surface area contributed by atoms with Crippen LogP contribution in [0.2, 0.25) is 0 Å². The molecule has 0 saturated heterocycles. The van der Waals surface area contributed by atoms with Gasteiger partial charge in [0.1, 0.15) is 6.33 Å². The number of carbonyl (C=O) groups excluding carboxylic acids is 1. The molecule has 0 aliphatic rings. The Morgan fingerprint density at radius 2 is 1.88 bits per heavy atom. The molecule has 0 saturated carbocycles. The Bertz CT molecular complexity index is 1020. The van der Waals surface area contributed by atoms with Gasteiger partial charge in [-0.3, -0.25) is 4.79 Å². The average molecular weight is 347 g/mol. The topological polar surface area (TPSA) is 90.5 Å². The number of tetrazole rings is 1. The van der Waals surface area contributed by atoms with E-state index in [0.717, 1.165) is 24.0 Å². The van der Waals surface area contributed by atoms with E-state index in [1.54, 1.807) is 6.07 Å². The number of para-hydroxylation sites is 3. The number of imidazole rings is 1. The molecule has 2 aromatic heterocycles. The monoisotopic (exact) mass is 347 g/mol. The van der Waals surface area contributed by atoms with Crippen molar-refractivity contribution in [1.29, 1.82) is 0 Å². The minimum atomic E-state index is -0.147. The third kappa shape index (κ3) is 3.16. The molecule has 130 valence electrons. The largest absolute Gasteiger partial charge is 0.352 e. The van der Waals surface area contributed by atoms with Crippen LogP contribution in [0.15, 0.2) is 61.2 Å². The van der Waals surface area contributed by atoms with Gasteiger partial charge in [0.05, 0.1) is 28.6 Å². The molecule has 4 rings (SSSR count). The third-order valence-electron chi connectivity index (χ3n) is 4.13. The predicted molar refractivity (Wildman–Crippen MR) is 95.8 cm³/mol. The number of nitrogens with one attached hydrogen (secondary N) is 1. The Labute approximate surface area is 149 Å². The molecule has 0 atom stereocenters. The Hall–Kier alpha value is -3.55. The van der Waals surface area contributed by atoms with Gasteiger partial charge in [-0.25, -0.2) is 4.98 Å². The van der Waals surface area contributed by atoms with Crippen LogP contribution >= 0.6 is 0 Å². The number of amides is 1. The Balaban J connectivity index is 1.38. The summed E-state index contributed by atoms with van der Waals surface area (Å²) in [6, 6.07) is 15.2. The van der Waals surface area contributed by atoms with Crippen LogP contribution in [-0.4, -0.2) is 42.2 Å². The number of hydrogen-bond donors (Lipinski definition) is 1. The van der Waals surface area contributed by atoms with E-state index in [1.807, 2.05) is 48.8 Å². The number of aromatic nitrogens is 6. The van der Waals surface area contributed by atoms with Crippen molar-refractivity contribution >= 4 is 16.9 Å². The Morgan fingerprint density at radius 1 is 1.04 bits per heavy atom. The van der Waals surface area contributed by atoms with Crippen LogP contribution in [0.25, 0.3) is 16.7 Å². The summed E-state index contributed by atoms with van der Waals surface area (Å²) in [6.45, 7) is 1.35. The first-order valence-electron chi connectivity index (χ1n) is 8.33. The van der Waals surface area contributed by atoms with Gasteiger partial charge in [0, 0.05) is 13.1 Å². The lowest BCUT2D eigenvalue weighted by Gasteiger charge is -2.10. The molecular weight excluding hydrogens is 330 g/mol. The molecule has 0 spiro atoms. The smallest absolute Gasteiger partial charge is 0.253 e. The Morgan fingerprint density at radius 3 is 2.77 bits per heavy atom. The summed E-state index contributed by atoms with van der Waals surface area (Å²) in [4.78, 5) is 16.9. The first-order chi connectivity index (χ1) is 12.8. The molecule has 0 radical (unpaired) electrons. The molecular formula is C18H17N7O. The molecule has 1 amide bonds. The van der Waals surface area contributed by atoms with Crippen molar-refractivity contribution in [3.05, 3.63) is 66.7 Å². The highest BCUT2D eigenvalue weighted by Gasteiger charge is 2.12. The van der Waals surface area contributed by atoms with Crippen LogP contribution < -0.4 is 5.32 Å². The molecule has 0 unspecified atom stereocenters. The van der Waals surface area contributed by atoms with E-state index in [1.165, 1.54) is 11.0 Å². The van der Waals surface area contributed by atoms with Gasteiger partial charge in [-0.2, -0.15) is 4.68 Å². The van der Waals surface area contributed by atoms with Gasteiger partial charge in [-0.1, -0.05) is 24.3 Å². The normalized spacial score (nSPS) is 10.9. The van der Waals surface area contributed by atoms with Gasteiger partial charge < -0.3 is 9.88 Å². The first-order valence-corrected chi connectivity index (χ1v) is 8.33. The molecule has 1 N–H and O–H groups in total. The van der Waals surface area contributed by atoms with E-state index in [0.29, 0.717) is 17.8 Å². The Kier molecular flexibility index (Phi) is 4.38. The van der Waals surface area contributed by atoms with Crippen molar-refractivity contribution in [3.63, 3.8) is 0 Å². The van der Waals surface area contributed by atoms with Crippen molar-refractivity contribution in [3.8, 4) is 5.69 Å². The van der Waals surface area contributed by atoms with Crippen molar-refractivity contribution < 1.29 is 4.79 Å². The second-order valence-corrected chi connectivity index (χ2v) is 5.81. The number of carbonyl (C=O) groups is 1. The van der Waals surface area contributed by atoms with Crippen LogP contribution in [0.3, 0.4) is 0 Å². The van der Waals surface area contributed by atoms with E-state index in [9.17, 15) is 4.79 Å². The van der Waals surface area contributed by atoms with Gasteiger partial charge in [0.15, 0.2) is 0 Å². The average Bonchev–Trinajstić information content (AvgIpc) is 3.35. The fraction of sp³-hybridized carbons (Fsp3) is 0.167. The second-order valence-electron chi connectivity index (χ2n) is 5.81. The number of aryl methyl sites for hydroxylation is 1. The van der Waals surface area contributed by atoms with Crippen LogP contribution in [0, 0.1) is 0 Å². The summed E-state index contributed by atoms with van der Waals surface area (Å²) >= 11 is 0. The molecule has 2 aromatic carbocycles. The molecule has 2 heterocycles. The lowest BCUT2D eigenvalue weighted by molar-refractivity contribution is 0.0952. The summed E-state index contributed by atoms with van der Waals surface area (Å²) in [7, 11) is 0. The van der Waals surface area contributed by atoms with Crippen molar-refractivity contribution in [2.45, 2.75) is 13.0 Å².